The number of benzene rings is 1. The van der Waals surface area contributed by atoms with E-state index in [2.05, 4.69) is 24.4 Å². The van der Waals surface area contributed by atoms with Crippen LogP contribution in [0.1, 0.15) is 31.6 Å². The van der Waals surface area contributed by atoms with Gasteiger partial charge in [0.05, 0.1) is 18.8 Å². The molecule has 1 aromatic heterocycles. The van der Waals surface area contributed by atoms with Gasteiger partial charge in [-0.3, -0.25) is 0 Å². The molecular formula is C17H23NO3. The van der Waals surface area contributed by atoms with Crippen LogP contribution in [0.25, 0.3) is 11.0 Å². The van der Waals surface area contributed by atoms with Crippen molar-refractivity contribution < 1.29 is 13.9 Å². The van der Waals surface area contributed by atoms with E-state index in [-0.39, 0.29) is 6.04 Å². The Balaban J connectivity index is 1.40. The van der Waals surface area contributed by atoms with Gasteiger partial charge in [-0.15, -0.1) is 0 Å². The topological polar surface area (TPSA) is 43.6 Å². The number of nitrogens with one attached hydrogen (secondary N) is 1. The van der Waals surface area contributed by atoms with Gasteiger partial charge in [-0.1, -0.05) is 18.2 Å². The summed E-state index contributed by atoms with van der Waals surface area (Å²) in [6.45, 7) is 5.43. The van der Waals surface area contributed by atoms with Gasteiger partial charge in [-0.05, 0) is 38.4 Å². The molecule has 2 aromatic rings. The lowest BCUT2D eigenvalue weighted by Crippen LogP contribution is -2.22. The van der Waals surface area contributed by atoms with E-state index in [9.17, 15) is 0 Å². The van der Waals surface area contributed by atoms with Gasteiger partial charge < -0.3 is 19.2 Å². The Morgan fingerprint density at radius 3 is 3.10 bits per heavy atom. The van der Waals surface area contributed by atoms with Gasteiger partial charge in [0.2, 0.25) is 0 Å². The van der Waals surface area contributed by atoms with E-state index in [1.165, 1.54) is 0 Å². The number of para-hydroxylation sites is 1. The van der Waals surface area contributed by atoms with E-state index < -0.39 is 0 Å². The molecule has 1 aromatic carbocycles. The average molecular weight is 289 g/mol. The van der Waals surface area contributed by atoms with Crippen LogP contribution in [0.4, 0.5) is 0 Å². The smallest absolute Gasteiger partial charge is 0.134 e. The second kappa shape index (κ2) is 7.07. The van der Waals surface area contributed by atoms with Crippen LogP contribution in [0.2, 0.25) is 0 Å². The molecule has 0 spiro atoms. The fourth-order valence-corrected chi connectivity index (χ4v) is 2.60. The SMILES string of the molecule is C[C@@H](NCCCO[C@@H]1CCOC1)c1cc2ccccc2o1. The van der Waals surface area contributed by atoms with Gasteiger partial charge in [0, 0.05) is 18.6 Å². The molecule has 2 heterocycles. The van der Waals surface area contributed by atoms with Gasteiger partial charge in [-0.25, -0.2) is 0 Å². The second-order valence-corrected chi connectivity index (χ2v) is 5.57. The zero-order chi connectivity index (χ0) is 14.5. The van der Waals surface area contributed by atoms with Crippen molar-refractivity contribution >= 4 is 11.0 Å². The molecule has 1 aliphatic heterocycles. The Morgan fingerprint density at radius 1 is 1.38 bits per heavy atom. The molecule has 1 fully saturated rings. The van der Waals surface area contributed by atoms with Crippen molar-refractivity contribution in [1.82, 2.24) is 5.32 Å². The van der Waals surface area contributed by atoms with E-state index in [1.807, 2.05) is 18.2 Å². The highest BCUT2D eigenvalue weighted by Gasteiger charge is 2.15. The zero-order valence-electron chi connectivity index (χ0n) is 12.5. The Hall–Kier alpha value is -1.36. The number of rotatable bonds is 7. The van der Waals surface area contributed by atoms with Gasteiger partial charge in [0.1, 0.15) is 11.3 Å². The first kappa shape index (κ1) is 14.6. The number of hydrogen-bond acceptors (Lipinski definition) is 4. The first-order chi connectivity index (χ1) is 10.3. The van der Waals surface area contributed by atoms with Gasteiger partial charge in [-0.2, -0.15) is 0 Å². The van der Waals surface area contributed by atoms with Crippen molar-refractivity contribution in [3.8, 4) is 0 Å². The van der Waals surface area contributed by atoms with Crippen LogP contribution < -0.4 is 5.32 Å². The highest BCUT2D eigenvalue weighted by atomic mass is 16.5. The lowest BCUT2D eigenvalue weighted by Gasteiger charge is -2.12. The van der Waals surface area contributed by atoms with Crippen molar-refractivity contribution in [1.29, 1.82) is 0 Å². The van der Waals surface area contributed by atoms with Crippen LogP contribution in [-0.2, 0) is 9.47 Å². The molecule has 21 heavy (non-hydrogen) atoms. The molecule has 1 saturated heterocycles. The highest BCUT2D eigenvalue weighted by Crippen LogP contribution is 2.23. The molecule has 2 atom stereocenters. The summed E-state index contributed by atoms with van der Waals surface area (Å²) in [5.41, 5.74) is 0.950. The maximum absolute atomic E-state index is 5.86. The van der Waals surface area contributed by atoms with Crippen LogP contribution in [0, 0.1) is 0 Å². The molecule has 3 rings (SSSR count). The molecule has 0 radical (unpaired) electrons. The highest BCUT2D eigenvalue weighted by molar-refractivity contribution is 5.77. The van der Waals surface area contributed by atoms with Crippen molar-refractivity contribution in [2.24, 2.45) is 0 Å². The van der Waals surface area contributed by atoms with Crippen LogP contribution in [-0.4, -0.2) is 32.5 Å². The Labute approximate surface area is 125 Å². The van der Waals surface area contributed by atoms with Crippen LogP contribution in [0.5, 0.6) is 0 Å². The molecule has 1 N–H and O–H groups in total. The molecule has 4 nitrogen and oxygen atoms in total. The predicted molar refractivity (Wildman–Crippen MR) is 82.4 cm³/mol. The molecule has 0 saturated carbocycles. The van der Waals surface area contributed by atoms with Crippen LogP contribution >= 0.6 is 0 Å². The lowest BCUT2D eigenvalue weighted by molar-refractivity contribution is 0.0413. The average Bonchev–Trinajstić information content (AvgIpc) is 3.15. The Kier molecular flexibility index (Phi) is 4.91. The summed E-state index contributed by atoms with van der Waals surface area (Å²) in [6, 6.07) is 10.4. The predicted octanol–water partition coefficient (Wildman–Crippen LogP) is 3.28. The molecule has 114 valence electrons. The summed E-state index contributed by atoms with van der Waals surface area (Å²) >= 11 is 0. The summed E-state index contributed by atoms with van der Waals surface area (Å²) in [5.74, 6) is 0.987. The first-order valence-electron chi connectivity index (χ1n) is 7.74. The number of ether oxygens (including phenoxy) is 2. The number of furan rings is 1. The quantitative estimate of drug-likeness (QED) is 0.794. The first-order valence-corrected chi connectivity index (χ1v) is 7.74. The molecule has 1 aliphatic rings. The molecular weight excluding hydrogens is 266 g/mol. The Bertz CT molecular complexity index is 527. The third kappa shape index (κ3) is 3.84. The molecule has 0 unspecified atom stereocenters. The maximum Gasteiger partial charge on any atom is 0.134 e. The lowest BCUT2D eigenvalue weighted by atomic mass is 10.2. The molecule has 0 aliphatic carbocycles. The molecule has 4 heteroatoms. The van der Waals surface area contributed by atoms with E-state index in [0.717, 1.165) is 55.9 Å². The summed E-state index contributed by atoms with van der Waals surface area (Å²) in [7, 11) is 0. The van der Waals surface area contributed by atoms with Crippen molar-refractivity contribution in [2.75, 3.05) is 26.4 Å². The van der Waals surface area contributed by atoms with E-state index >= 15 is 0 Å². The summed E-state index contributed by atoms with van der Waals surface area (Å²) in [6.07, 6.45) is 2.34. The van der Waals surface area contributed by atoms with Crippen molar-refractivity contribution in [3.05, 3.63) is 36.1 Å². The van der Waals surface area contributed by atoms with E-state index in [1.54, 1.807) is 0 Å². The van der Waals surface area contributed by atoms with E-state index in [0.29, 0.717) is 6.10 Å². The van der Waals surface area contributed by atoms with Crippen molar-refractivity contribution in [3.63, 3.8) is 0 Å². The third-order valence-corrected chi connectivity index (χ3v) is 3.88. The zero-order valence-corrected chi connectivity index (χ0v) is 12.5. The van der Waals surface area contributed by atoms with Crippen LogP contribution in [0.15, 0.2) is 34.7 Å². The standard InChI is InChI=1S/C17H23NO3/c1-13(17-11-14-5-2-3-6-16(14)21-17)18-8-4-9-20-15-7-10-19-12-15/h2-3,5-6,11,13,15,18H,4,7-10,12H2,1H3/t13-,15-/m1/s1. The van der Waals surface area contributed by atoms with Gasteiger partial charge in [0.15, 0.2) is 0 Å². The monoisotopic (exact) mass is 289 g/mol. The number of hydrogen-bond donors (Lipinski definition) is 1. The minimum atomic E-state index is 0.215. The minimum absolute atomic E-state index is 0.215. The largest absolute Gasteiger partial charge is 0.459 e. The second-order valence-electron chi connectivity index (χ2n) is 5.57. The normalized spacial score (nSPS) is 20.1. The fraction of sp³-hybridized carbons (Fsp3) is 0.529. The fourth-order valence-electron chi connectivity index (χ4n) is 2.60. The van der Waals surface area contributed by atoms with Gasteiger partial charge >= 0.3 is 0 Å². The van der Waals surface area contributed by atoms with Crippen LogP contribution in [0.3, 0.4) is 0 Å². The van der Waals surface area contributed by atoms with Gasteiger partial charge in [0.25, 0.3) is 0 Å². The third-order valence-electron chi connectivity index (χ3n) is 3.88. The summed E-state index contributed by atoms with van der Waals surface area (Å²) in [5, 5.41) is 4.64. The number of fused-ring (bicyclic) bond motifs is 1. The maximum atomic E-state index is 5.86. The van der Waals surface area contributed by atoms with E-state index in [4.69, 9.17) is 13.9 Å². The Morgan fingerprint density at radius 2 is 2.29 bits per heavy atom. The minimum Gasteiger partial charge on any atom is -0.459 e. The summed E-state index contributed by atoms with van der Waals surface area (Å²) in [4.78, 5) is 0. The molecule has 0 bridgehead atoms. The van der Waals surface area contributed by atoms with Crippen molar-refractivity contribution in [2.45, 2.75) is 31.9 Å². The molecule has 0 amide bonds. The summed E-state index contributed by atoms with van der Waals surface area (Å²) < 4.78 is 16.9.